The van der Waals surface area contributed by atoms with Crippen molar-refractivity contribution in [3.8, 4) is 5.75 Å². The highest BCUT2D eigenvalue weighted by Gasteiger charge is 2.46. The molecule has 0 radical (unpaired) electrons. The first-order valence-corrected chi connectivity index (χ1v) is 12.3. The molecule has 170 valence electrons. The summed E-state index contributed by atoms with van der Waals surface area (Å²) in [6.07, 6.45) is 1.63. The van der Waals surface area contributed by atoms with Gasteiger partial charge in [-0.25, -0.2) is 4.98 Å². The third-order valence-electron chi connectivity index (χ3n) is 5.28. The number of nitrogens with zero attached hydrogens (tertiary/aromatic N) is 2. The number of hydrogen-bond donors (Lipinski definition) is 1. The van der Waals surface area contributed by atoms with Gasteiger partial charge in [-0.3, -0.25) is 14.5 Å². The van der Waals surface area contributed by atoms with E-state index in [1.807, 2.05) is 0 Å². The normalized spacial score (nSPS) is 15.9. The maximum Gasteiger partial charge on any atom is 0.296 e. The maximum atomic E-state index is 13.4. The average molecular weight is 509 g/mol. The van der Waals surface area contributed by atoms with Crippen molar-refractivity contribution < 1.29 is 19.4 Å². The molecule has 0 saturated heterocycles. The number of aromatic nitrogens is 1. The van der Waals surface area contributed by atoms with Crippen molar-refractivity contribution in [3.63, 3.8) is 0 Å². The molecule has 0 spiro atoms. The molecule has 1 aliphatic rings. The van der Waals surface area contributed by atoms with Crippen LogP contribution in [0.1, 0.15) is 21.3 Å². The number of thiophene rings is 1. The summed E-state index contributed by atoms with van der Waals surface area (Å²) in [5.74, 6) is -1.13. The second-order valence-corrected chi connectivity index (χ2v) is 9.82. The predicted molar refractivity (Wildman–Crippen MR) is 135 cm³/mol. The number of anilines is 1. The van der Waals surface area contributed by atoms with Gasteiger partial charge >= 0.3 is 0 Å². The Morgan fingerprint density at radius 3 is 2.85 bits per heavy atom. The molecule has 0 saturated carbocycles. The fraction of sp³-hybridized carbons (Fsp3) is 0.0800. The number of aliphatic hydroxyl groups is 1. The molecule has 3 heterocycles. The zero-order valence-electron chi connectivity index (χ0n) is 17.6. The van der Waals surface area contributed by atoms with Crippen molar-refractivity contribution >= 4 is 61.3 Å². The predicted octanol–water partition coefficient (Wildman–Crippen LogP) is 6.36. The number of rotatable bonds is 7. The zero-order chi connectivity index (χ0) is 23.8. The second-order valence-electron chi connectivity index (χ2n) is 7.43. The number of aliphatic hydroxyl groups excluding tert-OH is 1. The summed E-state index contributed by atoms with van der Waals surface area (Å²) in [5, 5.41) is 13.6. The van der Waals surface area contributed by atoms with Gasteiger partial charge in [0.15, 0.2) is 10.9 Å². The van der Waals surface area contributed by atoms with Gasteiger partial charge in [0, 0.05) is 5.02 Å². The largest absolute Gasteiger partial charge is 0.503 e. The van der Waals surface area contributed by atoms with Crippen LogP contribution in [-0.4, -0.2) is 28.4 Å². The Hall–Kier alpha value is -3.46. The number of benzene rings is 2. The molecule has 6 nitrogen and oxygen atoms in total. The molecule has 1 amide bonds. The van der Waals surface area contributed by atoms with Crippen LogP contribution >= 0.6 is 34.3 Å². The van der Waals surface area contributed by atoms with E-state index in [1.54, 1.807) is 66.1 Å². The molecule has 1 atom stereocenters. The average Bonchev–Trinajstić information content (AvgIpc) is 3.56. The summed E-state index contributed by atoms with van der Waals surface area (Å²) in [4.78, 5) is 33.2. The number of halogens is 1. The van der Waals surface area contributed by atoms with Gasteiger partial charge < -0.3 is 9.84 Å². The van der Waals surface area contributed by atoms with Gasteiger partial charge in [0.1, 0.15) is 12.4 Å². The minimum Gasteiger partial charge on any atom is -0.503 e. The monoisotopic (exact) mass is 508 g/mol. The van der Waals surface area contributed by atoms with Crippen LogP contribution in [0.4, 0.5) is 5.13 Å². The van der Waals surface area contributed by atoms with E-state index in [4.69, 9.17) is 16.3 Å². The Morgan fingerprint density at radius 2 is 2.09 bits per heavy atom. The molecule has 5 rings (SSSR count). The van der Waals surface area contributed by atoms with E-state index >= 15 is 0 Å². The zero-order valence-corrected chi connectivity index (χ0v) is 20.0. The third kappa shape index (κ3) is 3.90. The summed E-state index contributed by atoms with van der Waals surface area (Å²) in [5.41, 5.74) is 1.28. The highest BCUT2D eigenvalue weighted by Crippen LogP contribution is 2.45. The van der Waals surface area contributed by atoms with Crippen LogP contribution in [0.15, 0.2) is 84.0 Å². The maximum absolute atomic E-state index is 13.4. The van der Waals surface area contributed by atoms with Crippen LogP contribution in [-0.2, 0) is 4.79 Å². The number of ether oxygens (including phenoxy) is 1. The Kier molecular flexibility index (Phi) is 5.95. The number of Topliss-reactive ketones (excluding diaryl/α,β-unsaturated/α-hetero) is 1. The fourth-order valence-electron chi connectivity index (χ4n) is 3.81. The Morgan fingerprint density at radius 1 is 1.24 bits per heavy atom. The molecule has 0 fully saturated rings. The molecular formula is C25H17ClN2O4S2. The fourth-order valence-corrected chi connectivity index (χ4v) is 5.76. The molecule has 1 unspecified atom stereocenters. The Bertz CT molecular complexity index is 1460. The number of fused-ring (bicyclic) bond motifs is 1. The first-order valence-electron chi connectivity index (χ1n) is 10.2. The van der Waals surface area contributed by atoms with Crippen LogP contribution in [0.2, 0.25) is 5.02 Å². The van der Waals surface area contributed by atoms with Crippen molar-refractivity contribution in [3.05, 3.63) is 99.4 Å². The minimum atomic E-state index is -0.884. The lowest BCUT2D eigenvalue weighted by atomic mass is 9.95. The van der Waals surface area contributed by atoms with E-state index in [2.05, 4.69) is 11.6 Å². The number of carbonyl (C=O) groups excluding carboxylic acids is 2. The molecule has 1 aliphatic heterocycles. The summed E-state index contributed by atoms with van der Waals surface area (Å²) >= 11 is 8.64. The molecule has 2 aromatic heterocycles. The summed E-state index contributed by atoms with van der Waals surface area (Å²) < 4.78 is 6.46. The lowest BCUT2D eigenvalue weighted by Crippen LogP contribution is -2.30. The summed E-state index contributed by atoms with van der Waals surface area (Å²) in [7, 11) is 0. The van der Waals surface area contributed by atoms with Gasteiger partial charge in [0.25, 0.3) is 5.91 Å². The Balaban J connectivity index is 1.66. The van der Waals surface area contributed by atoms with E-state index in [9.17, 15) is 14.7 Å². The quantitative estimate of drug-likeness (QED) is 0.232. The molecule has 34 heavy (non-hydrogen) atoms. The van der Waals surface area contributed by atoms with Crippen LogP contribution in [0.5, 0.6) is 5.75 Å². The number of hydrogen-bond acceptors (Lipinski definition) is 7. The molecule has 4 aromatic rings. The van der Waals surface area contributed by atoms with Gasteiger partial charge in [-0.15, -0.1) is 11.3 Å². The van der Waals surface area contributed by atoms with E-state index < -0.39 is 23.5 Å². The third-order valence-corrected chi connectivity index (χ3v) is 7.41. The van der Waals surface area contributed by atoms with Gasteiger partial charge in [0.05, 0.1) is 26.7 Å². The molecule has 1 N–H and O–H groups in total. The van der Waals surface area contributed by atoms with E-state index in [-0.39, 0.29) is 5.57 Å². The van der Waals surface area contributed by atoms with Crippen LogP contribution < -0.4 is 9.64 Å². The molecule has 9 heteroatoms. The second kappa shape index (κ2) is 9.06. The molecular weight excluding hydrogens is 492 g/mol. The van der Waals surface area contributed by atoms with Gasteiger partial charge in [-0.05, 0) is 47.3 Å². The van der Waals surface area contributed by atoms with Gasteiger partial charge in [-0.1, -0.05) is 53.8 Å². The standard InChI is InChI=1S/C25H17ClN2O4S2/c1-2-10-32-16-6-3-5-14(12-16)21-20(22(29)18-7-4-11-33-18)23(30)24(31)28(21)25-27-17-9-8-15(26)13-19(17)34-25/h2-9,11-13,21,30H,1,10H2. The SMILES string of the molecule is C=CCOc1cccc(C2C(C(=O)c3cccs3)=C(O)C(=O)N2c2nc3ccc(Cl)cc3s2)c1. The van der Waals surface area contributed by atoms with Crippen molar-refractivity contribution in [1.29, 1.82) is 0 Å². The minimum absolute atomic E-state index is 0.00519. The number of carbonyl (C=O) groups is 2. The number of thiazole rings is 1. The summed E-state index contributed by atoms with van der Waals surface area (Å²) in [6, 6.07) is 14.9. The first kappa shape index (κ1) is 22.3. The molecule has 0 aliphatic carbocycles. The molecule has 2 aromatic carbocycles. The van der Waals surface area contributed by atoms with E-state index in [0.717, 1.165) is 4.70 Å². The van der Waals surface area contributed by atoms with Crippen molar-refractivity contribution in [1.82, 2.24) is 4.98 Å². The first-order chi connectivity index (χ1) is 16.5. The number of amides is 1. The lowest BCUT2D eigenvalue weighted by molar-refractivity contribution is -0.117. The van der Waals surface area contributed by atoms with Gasteiger partial charge in [0.2, 0.25) is 5.78 Å². The lowest BCUT2D eigenvalue weighted by Gasteiger charge is -2.24. The smallest absolute Gasteiger partial charge is 0.296 e. The summed E-state index contributed by atoms with van der Waals surface area (Å²) in [6.45, 7) is 3.96. The molecule has 0 bridgehead atoms. The van der Waals surface area contributed by atoms with Crippen LogP contribution in [0.25, 0.3) is 10.2 Å². The highest BCUT2D eigenvalue weighted by atomic mass is 35.5. The van der Waals surface area contributed by atoms with Gasteiger partial charge in [-0.2, -0.15) is 0 Å². The van der Waals surface area contributed by atoms with Crippen molar-refractivity contribution in [2.45, 2.75) is 6.04 Å². The van der Waals surface area contributed by atoms with E-state index in [1.165, 1.54) is 27.6 Å². The van der Waals surface area contributed by atoms with Crippen LogP contribution in [0, 0.1) is 0 Å². The van der Waals surface area contributed by atoms with Crippen molar-refractivity contribution in [2.75, 3.05) is 11.5 Å². The number of ketones is 1. The Labute approximate surface area is 208 Å². The van der Waals surface area contributed by atoms with Crippen LogP contribution in [0.3, 0.4) is 0 Å². The highest BCUT2D eigenvalue weighted by molar-refractivity contribution is 7.22. The van der Waals surface area contributed by atoms with E-state index in [0.29, 0.717) is 38.5 Å². The van der Waals surface area contributed by atoms with Crippen molar-refractivity contribution in [2.24, 2.45) is 0 Å². The topological polar surface area (TPSA) is 79.7 Å².